The Morgan fingerprint density at radius 1 is 1.15 bits per heavy atom. The molecule has 0 unspecified atom stereocenters. The highest BCUT2D eigenvalue weighted by atomic mass is 16.4. The van der Waals surface area contributed by atoms with Crippen molar-refractivity contribution in [2.45, 2.75) is 12.5 Å². The van der Waals surface area contributed by atoms with Gasteiger partial charge in [-0.15, -0.1) is 0 Å². The largest absolute Gasteiger partial charge is 0.480 e. The van der Waals surface area contributed by atoms with Crippen LogP contribution in [0.25, 0.3) is 17.0 Å². The Balaban J connectivity index is 1.69. The molecule has 0 radical (unpaired) electrons. The number of nitrogen functional groups attached to an aromatic ring is 1. The van der Waals surface area contributed by atoms with Crippen LogP contribution in [-0.2, 0) is 16.0 Å². The Hall–Kier alpha value is -3.54. The molecule has 3 aromatic rings. The van der Waals surface area contributed by atoms with Crippen LogP contribution in [0.3, 0.4) is 0 Å². The van der Waals surface area contributed by atoms with Crippen LogP contribution >= 0.6 is 0 Å². The molecule has 3 rings (SSSR count). The average Bonchev–Trinajstić information content (AvgIpc) is 3.04. The van der Waals surface area contributed by atoms with E-state index in [0.717, 1.165) is 22.0 Å². The molecule has 2 aromatic carbocycles. The highest BCUT2D eigenvalue weighted by molar-refractivity contribution is 5.94. The highest BCUT2D eigenvalue weighted by Gasteiger charge is 2.21. The fourth-order valence-corrected chi connectivity index (χ4v) is 2.72. The minimum absolute atomic E-state index is 0.195. The van der Waals surface area contributed by atoms with Gasteiger partial charge < -0.3 is 21.1 Å². The average molecular weight is 349 g/mol. The topological polar surface area (TPSA) is 108 Å². The van der Waals surface area contributed by atoms with Gasteiger partial charge in [0.1, 0.15) is 6.04 Å². The van der Waals surface area contributed by atoms with Crippen LogP contribution < -0.4 is 11.1 Å². The molecule has 0 aliphatic heterocycles. The maximum atomic E-state index is 12.1. The normalized spacial score (nSPS) is 12.3. The number of carboxylic acid groups (broad SMARTS) is 1. The number of carboxylic acids is 1. The maximum absolute atomic E-state index is 12.1. The van der Waals surface area contributed by atoms with Gasteiger partial charge in [-0.05, 0) is 35.4 Å². The first-order valence-electron chi connectivity index (χ1n) is 8.15. The molecule has 0 aliphatic rings. The summed E-state index contributed by atoms with van der Waals surface area (Å²) in [6.07, 6.45) is 4.90. The first-order valence-corrected chi connectivity index (χ1v) is 8.15. The number of aromatic nitrogens is 1. The number of nitrogens with two attached hydrogens (primary N) is 1. The lowest BCUT2D eigenvalue weighted by molar-refractivity contribution is -0.141. The van der Waals surface area contributed by atoms with E-state index in [0.29, 0.717) is 5.69 Å². The van der Waals surface area contributed by atoms with Crippen molar-refractivity contribution in [2.24, 2.45) is 0 Å². The molecule has 6 nitrogen and oxygen atoms in total. The number of benzene rings is 2. The number of rotatable bonds is 6. The number of carbonyl (C=O) groups is 2. The number of aliphatic carboxylic acids is 1. The lowest BCUT2D eigenvalue weighted by Gasteiger charge is -2.12. The van der Waals surface area contributed by atoms with Crippen LogP contribution in [-0.4, -0.2) is 28.0 Å². The molecule has 1 atom stereocenters. The molecule has 1 amide bonds. The molecule has 0 fully saturated rings. The zero-order chi connectivity index (χ0) is 18.5. The Labute approximate surface area is 150 Å². The number of fused-ring (bicyclic) bond motifs is 1. The third kappa shape index (κ3) is 4.10. The fraction of sp³-hybridized carbons (Fsp3) is 0.100. The van der Waals surface area contributed by atoms with E-state index < -0.39 is 17.9 Å². The van der Waals surface area contributed by atoms with Crippen LogP contribution in [0.1, 0.15) is 11.1 Å². The summed E-state index contributed by atoms with van der Waals surface area (Å²) in [5.74, 6) is -1.54. The SMILES string of the molecule is Nc1ccc(/C=C/C(=O)N[C@@H](Cc2c[nH]c3ccccc23)C(=O)O)cc1. The van der Waals surface area contributed by atoms with Crippen LogP contribution in [0.5, 0.6) is 0 Å². The molecule has 0 saturated carbocycles. The Morgan fingerprint density at radius 2 is 1.88 bits per heavy atom. The summed E-state index contributed by atoms with van der Waals surface area (Å²) in [5, 5.41) is 12.9. The molecule has 0 bridgehead atoms. The van der Waals surface area contributed by atoms with Gasteiger partial charge in [0.15, 0.2) is 0 Å². The van der Waals surface area contributed by atoms with E-state index in [2.05, 4.69) is 10.3 Å². The summed E-state index contributed by atoms with van der Waals surface area (Å²) in [4.78, 5) is 26.7. The van der Waals surface area contributed by atoms with E-state index in [1.807, 2.05) is 24.3 Å². The van der Waals surface area contributed by atoms with Gasteiger partial charge in [0, 0.05) is 35.3 Å². The van der Waals surface area contributed by atoms with Crippen molar-refractivity contribution in [1.82, 2.24) is 10.3 Å². The molecule has 0 spiro atoms. The standard InChI is InChI=1S/C20H19N3O3/c21-15-8-5-13(6-9-15)7-10-19(24)23-18(20(25)26)11-14-12-22-17-4-2-1-3-16(14)17/h1-10,12,18,22H,11,21H2,(H,23,24)(H,25,26)/b10-7+/t18-/m0/s1. The van der Waals surface area contributed by atoms with Gasteiger partial charge in [-0.3, -0.25) is 4.79 Å². The zero-order valence-electron chi connectivity index (χ0n) is 14.0. The number of para-hydroxylation sites is 1. The lowest BCUT2D eigenvalue weighted by Crippen LogP contribution is -2.41. The fourth-order valence-electron chi connectivity index (χ4n) is 2.72. The van der Waals surface area contributed by atoms with E-state index in [4.69, 9.17) is 5.73 Å². The van der Waals surface area contributed by atoms with Crippen molar-refractivity contribution in [2.75, 3.05) is 5.73 Å². The van der Waals surface area contributed by atoms with E-state index in [9.17, 15) is 14.7 Å². The predicted molar refractivity (Wildman–Crippen MR) is 101 cm³/mol. The molecule has 6 heteroatoms. The van der Waals surface area contributed by atoms with Crippen LogP contribution in [0, 0.1) is 0 Å². The van der Waals surface area contributed by atoms with Gasteiger partial charge in [-0.2, -0.15) is 0 Å². The molecule has 0 saturated heterocycles. The second kappa shape index (κ2) is 7.57. The molecule has 5 N–H and O–H groups in total. The maximum Gasteiger partial charge on any atom is 0.326 e. The Kier molecular flexibility index (Phi) is 5.03. The summed E-state index contributed by atoms with van der Waals surface area (Å²) in [7, 11) is 0. The van der Waals surface area contributed by atoms with Crippen molar-refractivity contribution in [3.63, 3.8) is 0 Å². The minimum atomic E-state index is -1.08. The number of hydrogen-bond acceptors (Lipinski definition) is 3. The zero-order valence-corrected chi connectivity index (χ0v) is 14.0. The molecular formula is C20H19N3O3. The van der Waals surface area contributed by atoms with Gasteiger partial charge in [0.05, 0.1) is 0 Å². The van der Waals surface area contributed by atoms with Crippen molar-refractivity contribution in [3.8, 4) is 0 Å². The smallest absolute Gasteiger partial charge is 0.326 e. The Bertz CT molecular complexity index is 958. The number of hydrogen-bond donors (Lipinski definition) is 4. The number of anilines is 1. The summed E-state index contributed by atoms with van der Waals surface area (Å²) >= 11 is 0. The van der Waals surface area contributed by atoms with E-state index in [1.165, 1.54) is 6.08 Å². The third-order valence-corrected chi connectivity index (χ3v) is 4.08. The van der Waals surface area contributed by atoms with Crippen molar-refractivity contribution in [1.29, 1.82) is 0 Å². The molecular weight excluding hydrogens is 330 g/mol. The van der Waals surface area contributed by atoms with Gasteiger partial charge >= 0.3 is 5.97 Å². The van der Waals surface area contributed by atoms with E-state index >= 15 is 0 Å². The molecule has 1 aromatic heterocycles. The van der Waals surface area contributed by atoms with Crippen LogP contribution in [0.15, 0.2) is 60.8 Å². The van der Waals surface area contributed by atoms with E-state index in [-0.39, 0.29) is 6.42 Å². The summed E-state index contributed by atoms with van der Waals surface area (Å²) in [6, 6.07) is 13.6. The molecule has 132 valence electrons. The lowest BCUT2D eigenvalue weighted by atomic mass is 10.0. The molecule has 1 heterocycles. The van der Waals surface area contributed by atoms with Gasteiger partial charge in [0.25, 0.3) is 0 Å². The highest BCUT2D eigenvalue weighted by Crippen LogP contribution is 2.19. The third-order valence-electron chi connectivity index (χ3n) is 4.08. The second-order valence-electron chi connectivity index (χ2n) is 5.96. The van der Waals surface area contributed by atoms with Crippen molar-refractivity contribution < 1.29 is 14.7 Å². The Morgan fingerprint density at radius 3 is 2.62 bits per heavy atom. The van der Waals surface area contributed by atoms with E-state index in [1.54, 1.807) is 36.5 Å². The number of H-pyrrole nitrogens is 1. The number of carbonyl (C=O) groups excluding carboxylic acids is 1. The first kappa shape index (κ1) is 17.3. The number of aromatic amines is 1. The number of amides is 1. The summed E-state index contributed by atoms with van der Waals surface area (Å²) in [5.41, 5.74) is 8.83. The summed E-state index contributed by atoms with van der Waals surface area (Å²) < 4.78 is 0. The monoisotopic (exact) mass is 349 g/mol. The summed E-state index contributed by atoms with van der Waals surface area (Å²) in [6.45, 7) is 0. The van der Waals surface area contributed by atoms with Crippen molar-refractivity contribution >= 4 is 34.5 Å². The van der Waals surface area contributed by atoms with Gasteiger partial charge in [-0.25, -0.2) is 4.79 Å². The second-order valence-corrected chi connectivity index (χ2v) is 5.96. The number of nitrogens with one attached hydrogen (secondary N) is 2. The van der Waals surface area contributed by atoms with Crippen molar-refractivity contribution in [3.05, 3.63) is 71.9 Å². The first-order chi connectivity index (χ1) is 12.5. The molecule has 0 aliphatic carbocycles. The minimum Gasteiger partial charge on any atom is -0.480 e. The predicted octanol–water partition coefficient (Wildman–Crippen LogP) is 2.58. The van der Waals surface area contributed by atoms with Crippen LogP contribution in [0.2, 0.25) is 0 Å². The van der Waals surface area contributed by atoms with Gasteiger partial charge in [-0.1, -0.05) is 30.3 Å². The van der Waals surface area contributed by atoms with Gasteiger partial charge in [0.2, 0.25) is 5.91 Å². The van der Waals surface area contributed by atoms with Crippen LogP contribution in [0.4, 0.5) is 5.69 Å². The quantitative estimate of drug-likeness (QED) is 0.405. The molecule has 26 heavy (non-hydrogen) atoms.